The Morgan fingerprint density at radius 1 is 0.453 bits per heavy atom. The molecule has 6 aliphatic rings. The minimum Gasteiger partial charge on any atom is -0.479 e. The molecule has 36 nitrogen and oxygen atoms in total. The fourth-order valence-electron chi connectivity index (χ4n) is 11.4. The lowest BCUT2D eigenvalue weighted by molar-refractivity contribution is -0.268. The van der Waals surface area contributed by atoms with Crippen molar-refractivity contribution in [2.75, 3.05) is 79.3 Å². The Morgan fingerprint density at radius 2 is 0.884 bits per heavy atom. The number of rotatable bonds is 30. The molecular weight excluding hydrogens is 1220 g/mol. The summed E-state index contributed by atoms with van der Waals surface area (Å²) in [4.78, 5) is 24.3. The molecule has 0 radical (unpaired) electrons. The van der Waals surface area contributed by atoms with E-state index < -0.39 is 275 Å². The molecule has 6 rings (SSSR count). The smallest absolute Gasteiger partial charge is 0.397 e. The van der Waals surface area contributed by atoms with Crippen LogP contribution >= 0.6 is 0 Å². The third kappa shape index (κ3) is 18.7. The van der Waals surface area contributed by atoms with Crippen molar-refractivity contribution in [1.29, 1.82) is 0 Å². The summed E-state index contributed by atoms with van der Waals surface area (Å²) >= 11 is 0. The predicted octanol–water partition coefficient (Wildman–Crippen LogP) is -8.82. The molecule has 0 bridgehead atoms. The van der Waals surface area contributed by atoms with Gasteiger partial charge in [0.2, 0.25) is 5.76 Å². The van der Waals surface area contributed by atoms with Crippen LogP contribution in [0, 0.1) is 29.6 Å². The van der Waals surface area contributed by atoms with E-state index in [0.29, 0.717) is 0 Å². The van der Waals surface area contributed by atoms with Crippen LogP contribution in [0.1, 0.15) is 26.7 Å². The van der Waals surface area contributed by atoms with E-state index in [1.807, 2.05) is 0 Å². The molecule has 0 aromatic carbocycles. The predicted molar refractivity (Wildman–Crippen MR) is 273 cm³/mol. The summed E-state index contributed by atoms with van der Waals surface area (Å²) in [5, 5.41) is 159. The molecule has 0 spiro atoms. The first-order valence-electron chi connectivity index (χ1n) is 27.4. The zero-order valence-corrected chi connectivity index (χ0v) is 48.0. The van der Waals surface area contributed by atoms with E-state index in [0.717, 1.165) is 6.08 Å². The maximum Gasteiger partial charge on any atom is 0.397 e. The number of carboxylic acids is 2. The highest BCUT2D eigenvalue weighted by Crippen LogP contribution is 2.38. The van der Waals surface area contributed by atoms with Gasteiger partial charge in [0.25, 0.3) is 0 Å². The van der Waals surface area contributed by atoms with Crippen molar-refractivity contribution in [3.05, 3.63) is 11.8 Å². The Bertz CT molecular complexity index is 2390. The van der Waals surface area contributed by atoms with E-state index in [-0.39, 0.29) is 26.1 Å². The molecule has 28 atom stereocenters. The van der Waals surface area contributed by atoms with Crippen molar-refractivity contribution in [2.45, 2.75) is 167 Å². The van der Waals surface area contributed by atoms with Crippen molar-refractivity contribution in [3.8, 4) is 0 Å². The van der Waals surface area contributed by atoms with Gasteiger partial charge in [0.15, 0.2) is 18.5 Å². The summed E-state index contributed by atoms with van der Waals surface area (Å²) in [6, 6.07) is 0. The van der Waals surface area contributed by atoms with Crippen LogP contribution in [0.3, 0.4) is 0 Å². The number of aliphatic hydroxyl groups excluding tert-OH is 13. The molecule has 18 unspecified atom stereocenters. The van der Waals surface area contributed by atoms with Crippen molar-refractivity contribution in [1.82, 2.24) is 0 Å². The Hall–Kier alpha value is -2.70. The van der Waals surface area contributed by atoms with Gasteiger partial charge in [-0.1, -0.05) is 0 Å². The second kappa shape index (κ2) is 32.0. The molecule has 0 aromatic rings. The maximum absolute atomic E-state index is 12.7. The Labute approximate surface area is 492 Å². The van der Waals surface area contributed by atoms with E-state index in [4.69, 9.17) is 56.7 Å². The number of hydrogen-bond acceptors (Lipinski definition) is 32. The minimum absolute atomic E-state index is 0.0915. The fraction of sp³-hybridized carbons (Fsp3) is 0.917. The van der Waals surface area contributed by atoms with Gasteiger partial charge in [0, 0.05) is 36.9 Å². The maximum atomic E-state index is 12.7. The lowest BCUT2D eigenvalue weighted by atomic mass is 9.77. The van der Waals surface area contributed by atoms with Gasteiger partial charge < -0.3 is 129 Å². The first kappa shape index (κ1) is 72.4. The molecule has 86 heavy (non-hydrogen) atoms. The molecule has 38 heteroatoms. The monoisotopic (exact) mass is 1300 g/mol. The van der Waals surface area contributed by atoms with Crippen molar-refractivity contribution >= 4 is 32.7 Å². The van der Waals surface area contributed by atoms with E-state index in [9.17, 15) is 108 Å². The van der Waals surface area contributed by atoms with Crippen LogP contribution in [0.4, 0.5) is 0 Å². The minimum atomic E-state index is -5.18. The van der Waals surface area contributed by atoms with Crippen LogP contribution in [0.2, 0.25) is 0 Å². The van der Waals surface area contributed by atoms with Crippen LogP contribution in [0.5, 0.6) is 0 Å². The van der Waals surface area contributed by atoms with E-state index in [1.54, 1.807) is 0 Å². The van der Waals surface area contributed by atoms with Gasteiger partial charge in [-0.3, -0.25) is 9.11 Å². The van der Waals surface area contributed by atoms with Crippen LogP contribution in [-0.2, 0) is 90.9 Å². The third-order valence-electron chi connectivity index (χ3n) is 16.1. The standard InChI is InChI=1S/C48H80O36S2/c1-18-34(52)44(83-85(66,67)68)41(59)32(77-18)16-74-10-22-20(3-5-72-14-30-39(57)25(51)7-26(79-30)46(61)62)29(80-27(8-49)36(22)54)13-76-12-24-38(56)40(58)31(81-43(24)47(63)64)15-73-6-4-21-23(37(55)28(9-50)82-48(21)65)11-75-17-33-42(60)45(84-86(69,70)71)35(53)19(2)78-33/h7,18-25,27-45,48-60,65H,3-6,8-17H2,1-2H3,(H,61,62)(H,63,64)(H,66,67,68)(H,69,70,71)/t18?,19?,20?,21?,22?,23?,24-,25?,27?,28?,29+,30+,31+,32+,33+,34+,35+,36-,37-,38?,39?,40?,41?,42?,43?,44?,45?,48?/m1/s1. The number of aliphatic carboxylic acids is 2. The molecule has 5 saturated heterocycles. The van der Waals surface area contributed by atoms with Crippen molar-refractivity contribution in [2.24, 2.45) is 29.6 Å². The van der Waals surface area contributed by atoms with Gasteiger partial charge in [-0.2, -0.15) is 16.8 Å². The molecule has 6 aliphatic heterocycles. The molecule has 0 amide bonds. The summed E-state index contributed by atoms with van der Waals surface area (Å²) in [5.74, 6) is -9.31. The van der Waals surface area contributed by atoms with Gasteiger partial charge >= 0.3 is 32.7 Å². The molecule has 500 valence electrons. The van der Waals surface area contributed by atoms with Gasteiger partial charge in [0.05, 0.1) is 103 Å². The third-order valence-corrected chi connectivity index (χ3v) is 17.0. The second-order valence-electron chi connectivity index (χ2n) is 21.9. The van der Waals surface area contributed by atoms with Crippen molar-refractivity contribution < 1.29 is 173 Å². The quantitative estimate of drug-likeness (QED) is 0.0235. The average molecular weight is 1300 g/mol. The molecule has 0 aromatic heterocycles. The largest absolute Gasteiger partial charge is 0.479 e. The Morgan fingerprint density at radius 3 is 1.36 bits per heavy atom. The summed E-state index contributed by atoms with van der Waals surface area (Å²) in [5.41, 5.74) is 0. The highest BCUT2D eigenvalue weighted by Gasteiger charge is 2.52. The topological polar surface area (TPSA) is 566 Å². The van der Waals surface area contributed by atoms with Gasteiger partial charge in [-0.05, 0) is 38.7 Å². The molecule has 0 aliphatic carbocycles. The fourth-order valence-corrected chi connectivity index (χ4v) is 12.4. The van der Waals surface area contributed by atoms with Gasteiger partial charge in [0.1, 0.15) is 85.5 Å². The van der Waals surface area contributed by atoms with E-state index in [1.165, 1.54) is 13.8 Å². The Kier molecular flexibility index (Phi) is 27.0. The van der Waals surface area contributed by atoms with Crippen LogP contribution < -0.4 is 0 Å². The number of ether oxygens (including phenoxy) is 11. The zero-order valence-electron chi connectivity index (χ0n) is 46.3. The molecular formula is C48H80O36S2. The number of aliphatic hydroxyl groups is 13. The summed E-state index contributed by atoms with van der Waals surface area (Å²) in [6.07, 6.45) is -35.5. The molecule has 6 heterocycles. The number of carbonyl (C=O) groups is 2. The first-order valence-corrected chi connectivity index (χ1v) is 30.1. The number of hydrogen-bond donors (Lipinski definition) is 17. The van der Waals surface area contributed by atoms with E-state index >= 15 is 0 Å². The Balaban J connectivity index is 1.08. The van der Waals surface area contributed by atoms with Crippen LogP contribution in [-0.4, -0.2) is 334 Å². The van der Waals surface area contributed by atoms with E-state index in [2.05, 4.69) is 8.37 Å². The molecule has 0 saturated carbocycles. The number of carboxylic acid groups (broad SMARTS) is 2. The van der Waals surface area contributed by atoms with Gasteiger partial charge in [-0.25, -0.2) is 18.0 Å². The zero-order chi connectivity index (χ0) is 63.7. The SMILES string of the molecule is CC1O[C@@H](COCC2C(CCOC[C@@H]3OC(C(=O)O)[C@H](COC[C@@H]4OC(CO)[C@H](O)C(COC[C@@H]5OC(C)[C@H](O)C(OS(=O)(=O)O)C5O)C4CCOC[C@@H]4OC(C(=O)O)=CC(O)C4O)C(O)C3O)C(O)OC(CO)[C@@H]2O)C(O)C(OS(=O)(=O)O)[C@H]1O. The normalized spacial score (nSPS) is 42.6. The average Bonchev–Trinajstić information content (AvgIpc) is 1.45. The van der Waals surface area contributed by atoms with Crippen LogP contribution in [0.25, 0.3) is 0 Å². The summed E-state index contributed by atoms with van der Waals surface area (Å²) < 4.78 is 136. The highest BCUT2D eigenvalue weighted by atomic mass is 32.3. The summed E-state index contributed by atoms with van der Waals surface area (Å²) in [6.45, 7) is -3.47. The van der Waals surface area contributed by atoms with Crippen molar-refractivity contribution in [3.63, 3.8) is 0 Å². The molecule has 5 fully saturated rings. The lowest BCUT2D eigenvalue weighted by Crippen LogP contribution is -2.60. The lowest BCUT2D eigenvalue weighted by Gasteiger charge is -2.46. The first-order chi connectivity index (χ1) is 40.4. The van der Waals surface area contributed by atoms with Crippen LogP contribution in [0.15, 0.2) is 11.8 Å². The summed E-state index contributed by atoms with van der Waals surface area (Å²) in [7, 11) is -10.3. The second-order valence-corrected chi connectivity index (χ2v) is 24.0. The molecule has 17 N–H and O–H groups in total. The van der Waals surface area contributed by atoms with Gasteiger partial charge in [-0.15, -0.1) is 0 Å². The highest BCUT2D eigenvalue weighted by molar-refractivity contribution is 7.81.